The minimum Gasteiger partial charge on any atom is -0.334 e. The predicted octanol–water partition coefficient (Wildman–Crippen LogP) is 4.23. The Morgan fingerprint density at radius 2 is 2.05 bits per heavy atom. The molecule has 3 nitrogen and oxygen atoms in total. The average Bonchev–Trinajstić information content (AvgIpc) is 2.85. The van der Waals surface area contributed by atoms with E-state index in [0.29, 0.717) is 11.4 Å². The zero-order valence-corrected chi connectivity index (χ0v) is 14.3. The fourth-order valence-corrected chi connectivity index (χ4v) is 3.45. The van der Waals surface area contributed by atoms with Crippen molar-refractivity contribution in [3.05, 3.63) is 69.2 Å². The number of carbonyl (C=O) groups excluding carboxylic acids is 1. The lowest BCUT2D eigenvalue weighted by Crippen LogP contribution is -2.41. The highest BCUT2D eigenvalue weighted by Gasteiger charge is 2.48. The van der Waals surface area contributed by atoms with Crippen LogP contribution in [-0.2, 0) is 15.3 Å². The number of benzene rings is 2. The van der Waals surface area contributed by atoms with Crippen molar-refractivity contribution in [2.75, 3.05) is 0 Å². The Hall–Kier alpha value is -1.36. The standard InChI is InChI=1S/C17H15BrClNO2/c1-2-15-16(21)20-17(22-15,11-6-5-7-12(19)10-11)13-8-3-4-9-14(13)18/h3-10,15H,2H2,1H3,(H,20,21). The van der Waals surface area contributed by atoms with Gasteiger partial charge in [0, 0.05) is 20.6 Å². The highest BCUT2D eigenvalue weighted by molar-refractivity contribution is 9.10. The number of nitrogens with one attached hydrogen (secondary N) is 1. The number of amides is 1. The van der Waals surface area contributed by atoms with Crippen LogP contribution in [0.1, 0.15) is 24.5 Å². The van der Waals surface area contributed by atoms with Gasteiger partial charge in [0.25, 0.3) is 5.91 Å². The van der Waals surface area contributed by atoms with E-state index in [1.165, 1.54) is 0 Å². The number of hydrogen-bond acceptors (Lipinski definition) is 2. The van der Waals surface area contributed by atoms with Crippen LogP contribution in [0, 0.1) is 0 Å². The molecular formula is C17H15BrClNO2. The summed E-state index contributed by atoms with van der Waals surface area (Å²) in [4.78, 5) is 12.3. The second kappa shape index (κ2) is 6.03. The summed E-state index contributed by atoms with van der Waals surface area (Å²) in [6.45, 7) is 1.93. The van der Waals surface area contributed by atoms with Gasteiger partial charge in [-0.2, -0.15) is 0 Å². The Kier molecular flexibility index (Phi) is 4.26. The van der Waals surface area contributed by atoms with E-state index in [1.807, 2.05) is 49.4 Å². The van der Waals surface area contributed by atoms with Gasteiger partial charge in [0.15, 0.2) is 5.72 Å². The van der Waals surface area contributed by atoms with E-state index in [2.05, 4.69) is 21.2 Å². The largest absolute Gasteiger partial charge is 0.334 e. The van der Waals surface area contributed by atoms with Gasteiger partial charge in [-0.1, -0.05) is 64.8 Å². The second-order valence-corrected chi connectivity index (χ2v) is 6.47. The lowest BCUT2D eigenvalue weighted by molar-refractivity contribution is -0.124. The average molecular weight is 381 g/mol. The first-order valence-electron chi connectivity index (χ1n) is 7.07. The van der Waals surface area contributed by atoms with Crippen molar-refractivity contribution in [1.29, 1.82) is 0 Å². The first-order chi connectivity index (χ1) is 10.6. The molecule has 1 amide bonds. The third kappa shape index (κ3) is 2.56. The van der Waals surface area contributed by atoms with Crippen LogP contribution in [0.5, 0.6) is 0 Å². The molecule has 1 fully saturated rings. The molecule has 1 heterocycles. The summed E-state index contributed by atoms with van der Waals surface area (Å²) >= 11 is 9.69. The van der Waals surface area contributed by atoms with E-state index in [1.54, 1.807) is 6.07 Å². The SMILES string of the molecule is CCC1OC(c2cccc(Cl)c2)(c2ccccc2Br)NC1=O. The van der Waals surface area contributed by atoms with Gasteiger partial charge < -0.3 is 10.1 Å². The molecule has 0 bridgehead atoms. The van der Waals surface area contributed by atoms with Crippen molar-refractivity contribution in [2.45, 2.75) is 25.2 Å². The first-order valence-corrected chi connectivity index (χ1v) is 8.25. The molecule has 1 N–H and O–H groups in total. The number of halogens is 2. The summed E-state index contributed by atoms with van der Waals surface area (Å²) in [6, 6.07) is 15.1. The van der Waals surface area contributed by atoms with Gasteiger partial charge in [-0.15, -0.1) is 0 Å². The predicted molar refractivity (Wildman–Crippen MR) is 89.7 cm³/mol. The molecule has 0 spiro atoms. The third-order valence-electron chi connectivity index (χ3n) is 3.77. The molecule has 114 valence electrons. The number of hydrogen-bond donors (Lipinski definition) is 1. The summed E-state index contributed by atoms with van der Waals surface area (Å²) in [7, 11) is 0. The lowest BCUT2D eigenvalue weighted by Gasteiger charge is -2.31. The van der Waals surface area contributed by atoms with Crippen molar-refractivity contribution in [2.24, 2.45) is 0 Å². The molecule has 0 radical (unpaired) electrons. The molecule has 2 atom stereocenters. The molecule has 0 aromatic heterocycles. The Balaban J connectivity index is 2.20. The molecule has 1 saturated heterocycles. The van der Waals surface area contributed by atoms with Crippen molar-refractivity contribution in [3.63, 3.8) is 0 Å². The van der Waals surface area contributed by atoms with E-state index in [9.17, 15) is 4.79 Å². The maximum atomic E-state index is 12.3. The van der Waals surface area contributed by atoms with Crippen molar-refractivity contribution in [1.82, 2.24) is 5.32 Å². The Labute approximate surface area is 142 Å². The molecular weight excluding hydrogens is 366 g/mol. The first kappa shape index (κ1) is 15.5. The van der Waals surface area contributed by atoms with Crippen molar-refractivity contribution in [3.8, 4) is 0 Å². The minimum absolute atomic E-state index is 0.113. The highest BCUT2D eigenvalue weighted by Crippen LogP contribution is 2.40. The summed E-state index contributed by atoms with van der Waals surface area (Å²) in [5.41, 5.74) is 0.626. The molecule has 2 aromatic carbocycles. The molecule has 1 aliphatic rings. The van der Waals surface area contributed by atoms with Gasteiger partial charge in [0.2, 0.25) is 0 Å². The van der Waals surface area contributed by atoms with Crippen LogP contribution >= 0.6 is 27.5 Å². The maximum absolute atomic E-state index is 12.3. The maximum Gasteiger partial charge on any atom is 0.251 e. The van der Waals surface area contributed by atoms with E-state index in [0.717, 1.165) is 15.6 Å². The van der Waals surface area contributed by atoms with Crippen LogP contribution in [0.4, 0.5) is 0 Å². The smallest absolute Gasteiger partial charge is 0.251 e. The second-order valence-electron chi connectivity index (χ2n) is 5.18. The summed E-state index contributed by atoms with van der Waals surface area (Å²) in [5.74, 6) is -0.113. The van der Waals surface area contributed by atoms with E-state index < -0.39 is 11.8 Å². The highest BCUT2D eigenvalue weighted by atomic mass is 79.9. The Bertz CT molecular complexity index is 721. The summed E-state index contributed by atoms with van der Waals surface area (Å²) in [6.07, 6.45) is 0.129. The monoisotopic (exact) mass is 379 g/mol. The van der Waals surface area contributed by atoms with E-state index in [-0.39, 0.29) is 5.91 Å². The van der Waals surface area contributed by atoms with Crippen LogP contribution in [0.3, 0.4) is 0 Å². The number of rotatable bonds is 3. The lowest BCUT2D eigenvalue weighted by atomic mass is 9.94. The van der Waals surface area contributed by atoms with E-state index in [4.69, 9.17) is 16.3 Å². The van der Waals surface area contributed by atoms with Gasteiger partial charge in [0.1, 0.15) is 6.10 Å². The van der Waals surface area contributed by atoms with Gasteiger partial charge in [-0.3, -0.25) is 4.79 Å². The third-order valence-corrected chi connectivity index (χ3v) is 4.69. The zero-order chi connectivity index (χ0) is 15.7. The quantitative estimate of drug-likeness (QED) is 0.865. The van der Waals surface area contributed by atoms with Crippen LogP contribution in [0.2, 0.25) is 5.02 Å². The van der Waals surface area contributed by atoms with Gasteiger partial charge >= 0.3 is 0 Å². The molecule has 1 aliphatic heterocycles. The van der Waals surface area contributed by atoms with Gasteiger partial charge in [-0.05, 0) is 24.6 Å². The molecule has 0 saturated carbocycles. The Morgan fingerprint density at radius 1 is 1.27 bits per heavy atom. The normalized spacial score (nSPS) is 24.3. The summed E-state index contributed by atoms with van der Waals surface area (Å²) < 4.78 is 7.04. The minimum atomic E-state index is -1.03. The van der Waals surface area contributed by atoms with Gasteiger partial charge in [0.05, 0.1) is 0 Å². The van der Waals surface area contributed by atoms with Crippen LogP contribution in [0.25, 0.3) is 0 Å². The van der Waals surface area contributed by atoms with Crippen LogP contribution in [0.15, 0.2) is 53.0 Å². The Morgan fingerprint density at radius 3 is 2.68 bits per heavy atom. The van der Waals surface area contributed by atoms with Crippen LogP contribution in [-0.4, -0.2) is 12.0 Å². The van der Waals surface area contributed by atoms with Crippen molar-refractivity contribution < 1.29 is 9.53 Å². The fourth-order valence-electron chi connectivity index (χ4n) is 2.70. The molecule has 0 aliphatic carbocycles. The molecule has 22 heavy (non-hydrogen) atoms. The molecule has 2 aromatic rings. The van der Waals surface area contributed by atoms with E-state index >= 15 is 0 Å². The van der Waals surface area contributed by atoms with Gasteiger partial charge in [-0.25, -0.2) is 0 Å². The zero-order valence-electron chi connectivity index (χ0n) is 12.0. The van der Waals surface area contributed by atoms with Crippen molar-refractivity contribution >= 4 is 33.4 Å². The number of ether oxygens (including phenoxy) is 1. The molecule has 3 rings (SSSR count). The number of carbonyl (C=O) groups is 1. The molecule has 2 unspecified atom stereocenters. The topological polar surface area (TPSA) is 38.3 Å². The fraction of sp³-hybridized carbons (Fsp3) is 0.235. The van der Waals surface area contributed by atoms with Crippen LogP contribution < -0.4 is 5.32 Å². The molecule has 5 heteroatoms. The summed E-state index contributed by atoms with van der Waals surface area (Å²) in [5, 5.41) is 3.62.